The smallest absolute Gasteiger partial charge is 0.135 e. The SMILES string of the molecule is COc1cc2nn([C@@H]3CC[C@]4(CCNC4)C[C@H]3C)cc2cc1Br.COc1cc2nn([C@H]3CC[C@]4(CCNC4)C[C@@H]3C)cc2cc1Br. The van der Waals surface area contributed by atoms with Gasteiger partial charge in [-0.05, 0) is 131 Å². The van der Waals surface area contributed by atoms with E-state index in [0.29, 0.717) is 34.7 Å². The van der Waals surface area contributed by atoms with Gasteiger partial charge in [0.1, 0.15) is 11.5 Å². The second kappa shape index (κ2) is 13.1. The minimum Gasteiger partial charge on any atom is -0.495 e. The van der Waals surface area contributed by atoms with Gasteiger partial charge >= 0.3 is 0 Å². The van der Waals surface area contributed by atoms with Crippen LogP contribution in [0, 0.1) is 22.7 Å². The zero-order chi connectivity index (χ0) is 32.1. The zero-order valence-electron chi connectivity index (χ0n) is 27.6. The molecule has 10 heteroatoms. The number of rotatable bonds is 4. The Labute approximate surface area is 289 Å². The van der Waals surface area contributed by atoms with E-state index in [1.165, 1.54) is 88.3 Å². The molecular formula is C36H48Br2N6O2. The van der Waals surface area contributed by atoms with Gasteiger partial charge in [0.25, 0.3) is 0 Å². The Hall–Kier alpha value is -2.14. The Morgan fingerprint density at radius 3 is 1.48 bits per heavy atom. The van der Waals surface area contributed by atoms with Crippen LogP contribution in [0.3, 0.4) is 0 Å². The minimum absolute atomic E-state index is 0.512. The fourth-order valence-corrected chi connectivity index (χ4v) is 10.3. The van der Waals surface area contributed by atoms with Crippen molar-refractivity contribution in [3.63, 3.8) is 0 Å². The molecule has 2 spiro atoms. The Balaban J connectivity index is 0.000000147. The monoisotopic (exact) mass is 754 g/mol. The first kappa shape index (κ1) is 32.4. The predicted octanol–water partition coefficient (Wildman–Crippen LogP) is 8.30. The minimum atomic E-state index is 0.512. The van der Waals surface area contributed by atoms with Gasteiger partial charge in [-0.15, -0.1) is 0 Å². The molecule has 248 valence electrons. The van der Waals surface area contributed by atoms with Crippen molar-refractivity contribution in [2.24, 2.45) is 22.7 Å². The van der Waals surface area contributed by atoms with E-state index in [9.17, 15) is 0 Å². The van der Waals surface area contributed by atoms with Gasteiger partial charge in [0.15, 0.2) is 0 Å². The number of halogens is 2. The Morgan fingerprint density at radius 2 is 1.13 bits per heavy atom. The summed E-state index contributed by atoms with van der Waals surface area (Å²) in [5.74, 6) is 3.03. The summed E-state index contributed by atoms with van der Waals surface area (Å²) in [6.07, 6.45) is 14.8. The van der Waals surface area contributed by atoms with Crippen molar-refractivity contribution >= 4 is 53.7 Å². The lowest BCUT2D eigenvalue weighted by atomic mass is 9.67. The third-order valence-electron chi connectivity index (χ3n) is 11.7. The van der Waals surface area contributed by atoms with Crippen molar-refractivity contribution in [1.29, 1.82) is 0 Å². The molecule has 0 radical (unpaired) electrons. The van der Waals surface area contributed by atoms with Crippen LogP contribution < -0.4 is 20.1 Å². The summed E-state index contributed by atoms with van der Waals surface area (Å²) >= 11 is 7.13. The van der Waals surface area contributed by atoms with E-state index < -0.39 is 0 Å². The number of fused-ring (bicyclic) bond motifs is 2. The molecule has 6 atom stereocenters. The summed E-state index contributed by atoms with van der Waals surface area (Å²) in [5.41, 5.74) is 3.13. The van der Waals surface area contributed by atoms with Crippen LogP contribution in [0.25, 0.3) is 21.8 Å². The predicted molar refractivity (Wildman–Crippen MR) is 192 cm³/mol. The third kappa shape index (κ3) is 6.24. The Morgan fingerprint density at radius 1 is 0.696 bits per heavy atom. The molecule has 4 heterocycles. The van der Waals surface area contributed by atoms with Crippen LogP contribution in [0.1, 0.15) is 77.3 Å². The molecule has 8 nitrogen and oxygen atoms in total. The molecule has 0 bridgehead atoms. The van der Waals surface area contributed by atoms with Gasteiger partial charge in [0, 0.05) is 48.4 Å². The molecule has 46 heavy (non-hydrogen) atoms. The van der Waals surface area contributed by atoms with Gasteiger partial charge in [-0.2, -0.15) is 10.2 Å². The first-order valence-corrected chi connectivity index (χ1v) is 18.7. The van der Waals surface area contributed by atoms with Crippen LogP contribution in [0.15, 0.2) is 45.6 Å². The molecule has 2 aliphatic carbocycles. The number of hydrogen-bond donors (Lipinski definition) is 2. The molecule has 0 unspecified atom stereocenters. The Bertz CT molecular complexity index is 1560. The summed E-state index contributed by atoms with van der Waals surface area (Å²) in [6, 6.07) is 9.27. The lowest BCUT2D eigenvalue weighted by molar-refractivity contribution is 0.111. The number of aromatic nitrogens is 4. The van der Waals surface area contributed by atoms with Gasteiger partial charge in [-0.25, -0.2) is 0 Å². The second-order valence-corrected chi connectivity index (χ2v) is 16.4. The van der Waals surface area contributed by atoms with E-state index >= 15 is 0 Å². The van der Waals surface area contributed by atoms with E-state index in [1.54, 1.807) is 14.2 Å². The van der Waals surface area contributed by atoms with Crippen molar-refractivity contribution in [2.45, 2.75) is 77.3 Å². The maximum Gasteiger partial charge on any atom is 0.135 e. The fraction of sp³-hybridized carbons (Fsp3) is 0.611. The second-order valence-electron chi connectivity index (χ2n) is 14.7. The molecule has 4 aromatic rings. The van der Waals surface area contributed by atoms with E-state index in [-0.39, 0.29) is 0 Å². The molecule has 2 saturated heterocycles. The first-order chi connectivity index (χ1) is 22.2. The van der Waals surface area contributed by atoms with Crippen molar-refractivity contribution in [3.05, 3.63) is 45.6 Å². The molecule has 2 N–H and O–H groups in total. The van der Waals surface area contributed by atoms with Gasteiger partial charge in [0.2, 0.25) is 0 Å². The van der Waals surface area contributed by atoms with Crippen LogP contribution in [-0.2, 0) is 0 Å². The highest BCUT2D eigenvalue weighted by atomic mass is 79.9. The summed E-state index contributed by atoms with van der Waals surface area (Å²) in [6.45, 7) is 9.58. The molecule has 0 amide bonds. The highest BCUT2D eigenvalue weighted by Crippen LogP contribution is 2.49. The van der Waals surface area contributed by atoms with Crippen molar-refractivity contribution < 1.29 is 9.47 Å². The number of nitrogens with zero attached hydrogens (tertiary/aromatic N) is 4. The van der Waals surface area contributed by atoms with E-state index in [2.05, 4.69) is 90.2 Å². The van der Waals surface area contributed by atoms with Crippen LogP contribution in [0.4, 0.5) is 0 Å². The highest BCUT2D eigenvalue weighted by Gasteiger charge is 2.43. The third-order valence-corrected chi connectivity index (χ3v) is 12.9. The van der Waals surface area contributed by atoms with Crippen molar-refractivity contribution in [2.75, 3.05) is 40.4 Å². The van der Waals surface area contributed by atoms with E-state index in [1.807, 2.05) is 12.1 Å². The molecule has 2 aromatic carbocycles. The average molecular weight is 757 g/mol. The van der Waals surface area contributed by atoms with Crippen LogP contribution in [-0.4, -0.2) is 60.0 Å². The molecule has 2 saturated carbocycles. The van der Waals surface area contributed by atoms with Crippen molar-refractivity contribution in [1.82, 2.24) is 30.2 Å². The lowest BCUT2D eigenvalue weighted by Crippen LogP contribution is -2.35. The number of nitrogens with one attached hydrogen (secondary N) is 2. The fourth-order valence-electron chi connectivity index (χ4n) is 9.21. The average Bonchev–Trinajstić information content (AvgIpc) is 3.84. The molecule has 4 aliphatic rings. The van der Waals surface area contributed by atoms with Crippen LogP contribution in [0.2, 0.25) is 0 Å². The topological polar surface area (TPSA) is 78.2 Å². The maximum atomic E-state index is 5.39. The van der Waals surface area contributed by atoms with Crippen LogP contribution in [0.5, 0.6) is 11.5 Å². The molecule has 2 aliphatic heterocycles. The Kier molecular flexibility index (Phi) is 9.19. The first-order valence-electron chi connectivity index (χ1n) is 17.1. The lowest BCUT2D eigenvalue weighted by Gasteiger charge is -2.41. The summed E-state index contributed by atoms with van der Waals surface area (Å²) in [7, 11) is 3.39. The van der Waals surface area contributed by atoms with Gasteiger partial charge in [-0.1, -0.05) is 13.8 Å². The standard InChI is InChI=1S/2C18H24BrN3O/c2*1-12-9-18(5-6-20-11-18)4-3-16(12)22-10-13-7-14(19)17(23-2)8-15(13)21-22/h2*7-8,10,12,16,20H,3-6,9,11H2,1-2H3/t12-,16-,18+;12-,16-,18-/m10/s1. The largest absolute Gasteiger partial charge is 0.495 e. The van der Waals surface area contributed by atoms with Crippen molar-refractivity contribution in [3.8, 4) is 11.5 Å². The normalized spacial score (nSPS) is 31.1. The van der Waals surface area contributed by atoms with E-state index in [4.69, 9.17) is 19.7 Å². The number of methoxy groups -OCH3 is 2. The summed E-state index contributed by atoms with van der Waals surface area (Å²) < 4.78 is 17.2. The van der Waals surface area contributed by atoms with Crippen LogP contribution >= 0.6 is 31.9 Å². The number of benzene rings is 2. The summed E-state index contributed by atoms with van der Waals surface area (Å²) in [5, 5.41) is 19.2. The van der Waals surface area contributed by atoms with Gasteiger partial charge < -0.3 is 20.1 Å². The number of hydrogen-bond acceptors (Lipinski definition) is 6. The van der Waals surface area contributed by atoms with E-state index in [0.717, 1.165) is 31.5 Å². The summed E-state index contributed by atoms with van der Waals surface area (Å²) in [4.78, 5) is 0. The number of ether oxygens (including phenoxy) is 2. The van der Waals surface area contributed by atoms with Gasteiger partial charge in [-0.3, -0.25) is 9.36 Å². The quantitative estimate of drug-likeness (QED) is 0.218. The zero-order valence-corrected chi connectivity index (χ0v) is 30.8. The highest BCUT2D eigenvalue weighted by molar-refractivity contribution is 9.11. The molecule has 2 aromatic heterocycles. The molecular weight excluding hydrogens is 708 g/mol. The van der Waals surface area contributed by atoms with Gasteiger partial charge in [0.05, 0.1) is 46.3 Å². The molecule has 8 rings (SSSR count). The maximum absolute atomic E-state index is 5.39. The molecule has 4 fully saturated rings.